The molecule has 5 nitrogen and oxygen atoms in total. The highest BCUT2D eigenvalue weighted by molar-refractivity contribution is 6.03. The molecule has 0 radical (unpaired) electrons. The van der Waals surface area contributed by atoms with Gasteiger partial charge >= 0.3 is 0 Å². The van der Waals surface area contributed by atoms with Gasteiger partial charge in [0.15, 0.2) is 0 Å². The summed E-state index contributed by atoms with van der Waals surface area (Å²) in [7, 11) is 0. The van der Waals surface area contributed by atoms with Gasteiger partial charge in [0.25, 0.3) is 5.91 Å². The number of unbranched alkanes of at least 4 members (excludes halogenated alkanes) is 1. The number of pyridine rings is 1. The third kappa shape index (κ3) is 3.16. The number of aromatic nitrogens is 2. The van der Waals surface area contributed by atoms with Crippen molar-refractivity contribution in [3.8, 4) is 0 Å². The fourth-order valence-electron chi connectivity index (χ4n) is 1.53. The molecule has 18 heavy (non-hydrogen) atoms. The van der Waals surface area contributed by atoms with E-state index in [1.54, 1.807) is 30.6 Å². The number of anilines is 1. The lowest BCUT2D eigenvalue weighted by atomic mass is 10.2. The van der Waals surface area contributed by atoms with Crippen molar-refractivity contribution in [1.82, 2.24) is 10.1 Å². The average Bonchev–Trinajstić information content (AvgIpc) is 2.85. The highest BCUT2D eigenvalue weighted by atomic mass is 16.5. The molecule has 94 valence electrons. The summed E-state index contributed by atoms with van der Waals surface area (Å²) < 4.78 is 5.06. The molecule has 0 fully saturated rings. The van der Waals surface area contributed by atoms with E-state index in [0.29, 0.717) is 11.4 Å². The van der Waals surface area contributed by atoms with Gasteiger partial charge in [-0.3, -0.25) is 15.1 Å². The van der Waals surface area contributed by atoms with E-state index in [2.05, 4.69) is 22.4 Å². The molecule has 1 amide bonds. The van der Waals surface area contributed by atoms with Crippen LogP contribution in [0.15, 0.2) is 35.1 Å². The number of nitrogens with zero attached hydrogens (tertiary/aromatic N) is 2. The van der Waals surface area contributed by atoms with Crippen LogP contribution in [-0.4, -0.2) is 16.0 Å². The minimum atomic E-state index is -0.226. The van der Waals surface area contributed by atoms with Crippen LogP contribution >= 0.6 is 0 Å². The fraction of sp³-hybridized carbons (Fsp3) is 0.308. The first kappa shape index (κ1) is 12.3. The van der Waals surface area contributed by atoms with Crippen LogP contribution in [-0.2, 0) is 6.42 Å². The lowest BCUT2D eigenvalue weighted by Gasteiger charge is -1.99. The van der Waals surface area contributed by atoms with Gasteiger partial charge in [-0.05, 0) is 25.0 Å². The van der Waals surface area contributed by atoms with E-state index < -0.39 is 0 Å². The Morgan fingerprint density at radius 2 is 2.17 bits per heavy atom. The van der Waals surface area contributed by atoms with Crippen molar-refractivity contribution in [1.29, 1.82) is 0 Å². The fourth-order valence-corrected chi connectivity index (χ4v) is 1.53. The van der Waals surface area contributed by atoms with Crippen LogP contribution in [0.5, 0.6) is 0 Å². The second-order valence-electron chi connectivity index (χ2n) is 3.98. The molecule has 0 aliphatic heterocycles. The number of carbonyl (C=O) groups excluding carboxylic acids is 1. The van der Waals surface area contributed by atoms with Gasteiger partial charge in [-0.25, -0.2) is 0 Å². The monoisotopic (exact) mass is 245 g/mol. The molecular weight excluding hydrogens is 230 g/mol. The van der Waals surface area contributed by atoms with E-state index in [0.717, 1.165) is 25.0 Å². The summed E-state index contributed by atoms with van der Waals surface area (Å²) in [6.45, 7) is 2.12. The molecule has 0 aliphatic carbocycles. The van der Waals surface area contributed by atoms with E-state index >= 15 is 0 Å². The Morgan fingerprint density at radius 3 is 2.89 bits per heavy atom. The van der Waals surface area contributed by atoms with Gasteiger partial charge in [-0.2, -0.15) is 0 Å². The third-order valence-corrected chi connectivity index (χ3v) is 2.52. The number of carbonyl (C=O) groups is 1. The van der Waals surface area contributed by atoms with E-state index in [4.69, 9.17) is 4.52 Å². The highest BCUT2D eigenvalue weighted by Crippen LogP contribution is 2.13. The van der Waals surface area contributed by atoms with Crippen LogP contribution in [0.25, 0.3) is 0 Å². The second kappa shape index (κ2) is 5.95. The van der Waals surface area contributed by atoms with Crippen molar-refractivity contribution in [2.45, 2.75) is 26.2 Å². The zero-order valence-electron chi connectivity index (χ0n) is 10.2. The molecule has 5 heteroatoms. The number of rotatable bonds is 5. The van der Waals surface area contributed by atoms with Crippen LogP contribution < -0.4 is 5.32 Å². The molecule has 2 heterocycles. The molecule has 0 bridgehead atoms. The molecule has 2 aromatic rings. The van der Waals surface area contributed by atoms with Crippen molar-refractivity contribution in [3.05, 3.63) is 41.9 Å². The van der Waals surface area contributed by atoms with Gasteiger partial charge < -0.3 is 4.52 Å². The Kier molecular flexibility index (Phi) is 4.06. The first-order chi connectivity index (χ1) is 8.79. The van der Waals surface area contributed by atoms with E-state index in [1.807, 2.05) is 0 Å². The standard InChI is InChI=1S/C13H15N3O2/c1-2-3-4-11-9-12(18-16-11)15-13(17)10-5-7-14-8-6-10/h5-9H,2-4H2,1H3,(H,15,17). The summed E-state index contributed by atoms with van der Waals surface area (Å²) in [4.78, 5) is 15.7. The predicted molar refractivity (Wildman–Crippen MR) is 67.3 cm³/mol. The predicted octanol–water partition coefficient (Wildman–Crippen LogP) is 2.66. The van der Waals surface area contributed by atoms with Gasteiger partial charge in [0, 0.05) is 24.0 Å². The minimum Gasteiger partial charge on any atom is -0.338 e. The number of hydrogen-bond acceptors (Lipinski definition) is 4. The Morgan fingerprint density at radius 1 is 1.39 bits per heavy atom. The Bertz CT molecular complexity index is 508. The molecule has 2 aromatic heterocycles. The summed E-state index contributed by atoms with van der Waals surface area (Å²) in [5, 5.41) is 6.56. The molecule has 0 spiro atoms. The maximum Gasteiger partial charge on any atom is 0.258 e. The van der Waals surface area contributed by atoms with Crippen molar-refractivity contribution < 1.29 is 9.32 Å². The number of amides is 1. The molecule has 1 N–H and O–H groups in total. The Balaban J connectivity index is 1.97. The van der Waals surface area contributed by atoms with Gasteiger partial charge in [-0.15, -0.1) is 0 Å². The summed E-state index contributed by atoms with van der Waals surface area (Å²) in [5.74, 6) is 0.151. The zero-order valence-corrected chi connectivity index (χ0v) is 10.2. The van der Waals surface area contributed by atoms with Crippen LogP contribution in [0.3, 0.4) is 0 Å². The Hall–Kier alpha value is -2.17. The maximum atomic E-state index is 11.8. The van der Waals surface area contributed by atoms with E-state index in [-0.39, 0.29) is 5.91 Å². The van der Waals surface area contributed by atoms with Gasteiger partial charge in [-0.1, -0.05) is 18.5 Å². The topological polar surface area (TPSA) is 68.0 Å². The van der Waals surface area contributed by atoms with Crippen LogP contribution in [0.2, 0.25) is 0 Å². The molecule has 0 aliphatic rings. The third-order valence-electron chi connectivity index (χ3n) is 2.52. The normalized spacial score (nSPS) is 10.3. The van der Waals surface area contributed by atoms with Crippen LogP contribution in [0.4, 0.5) is 5.88 Å². The van der Waals surface area contributed by atoms with Crippen molar-refractivity contribution in [2.75, 3.05) is 5.32 Å². The summed E-state index contributed by atoms with van der Waals surface area (Å²) in [5.41, 5.74) is 1.40. The zero-order chi connectivity index (χ0) is 12.8. The first-order valence-corrected chi connectivity index (χ1v) is 5.96. The van der Waals surface area contributed by atoms with Gasteiger partial charge in [0.1, 0.15) is 0 Å². The lowest BCUT2D eigenvalue weighted by molar-refractivity contribution is 0.102. The molecule has 2 rings (SSSR count). The molecule has 0 unspecified atom stereocenters. The lowest BCUT2D eigenvalue weighted by Crippen LogP contribution is -2.11. The minimum absolute atomic E-state index is 0.226. The highest BCUT2D eigenvalue weighted by Gasteiger charge is 2.09. The van der Waals surface area contributed by atoms with Crippen molar-refractivity contribution in [2.24, 2.45) is 0 Å². The average molecular weight is 245 g/mol. The van der Waals surface area contributed by atoms with Gasteiger partial charge in [0.2, 0.25) is 5.88 Å². The molecule has 0 atom stereocenters. The smallest absolute Gasteiger partial charge is 0.258 e. The second-order valence-corrected chi connectivity index (χ2v) is 3.98. The summed E-state index contributed by atoms with van der Waals surface area (Å²) in [6.07, 6.45) is 6.17. The molecule has 0 saturated heterocycles. The first-order valence-electron chi connectivity index (χ1n) is 5.96. The quantitative estimate of drug-likeness (QED) is 0.879. The molecule has 0 aromatic carbocycles. The maximum absolute atomic E-state index is 11.8. The van der Waals surface area contributed by atoms with Crippen LogP contribution in [0.1, 0.15) is 35.8 Å². The van der Waals surface area contributed by atoms with Crippen molar-refractivity contribution >= 4 is 11.8 Å². The molecular formula is C13H15N3O2. The summed E-state index contributed by atoms with van der Waals surface area (Å²) in [6, 6.07) is 5.04. The largest absolute Gasteiger partial charge is 0.338 e. The molecule has 0 saturated carbocycles. The van der Waals surface area contributed by atoms with E-state index in [1.165, 1.54) is 0 Å². The number of hydrogen-bond donors (Lipinski definition) is 1. The number of aryl methyl sites for hydroxylation is 1. The van der Waals surface area contributed by atoms with Crippen LogP contribution in [0, 0.1) is 0 Å². The van der Waals surface area contributed by atoms with Gasteiger partial charge in [0.05, 0.1) is 5.69 Å². The summed E-state index contributed by atoms with van der Waals surface area (Å²) >= 11 is 0. The number of nitrogens with one attached hydrogen (secondary N) is 1. The SMILES string of the molecule is CCCCc1cc(NC(=O)c2ccncc2)on1. The van der Waals surface area contributed by atoms with E-state index in [9.17, 15) is 4.79 Å². The van der Waals surface area contributed by atoms with Crippen molar-refractivity contribution in [3.63, 3.8) is 0 Å². The Labute approximate surface area is 105 Å².